The van der Waals surface area contributed by atoms with E-state index < -0.39 is 0 Å². The summed E-state index contributed by atoms with van der Waals surface area (Å²) in [5.41, 5.74) is 0. The van der Waals surface area contributed by atoms with Crippen LogP contribution in [0.5, 0.6) is 0 Å². The van der Waals surface area contributed by atoms with Gasteiger partial charge < -0.3 is 10.1 Å². The first kappa shape index (κ1) is 11.0. The van der Waals surface area contributed by atoms with Gasteiger partial charge in [0.15, 0.2) is 0 Å². The van der Waals surface area contributed by atoms with Crippen LogP contribution in [-0.2, 0) is 4.74 Å². The molecule has 0 aromatic carbocycles. The van der Waals surface area contributed by atoms with E-state index in [1.165, 1.54) is 38.6 Å². The molecule has 2 nitrogen and oxygen atoms in total. The highest BCUT2D eigenvalue weighted by molar-refractivity contribution is 4.66. The number of ether oxygens (including phenoxy) is 1. The van der Waals surface area contributed by atoms with E-state index in [0.29, 0.717) is 0 Å². The topological polar surface area (TPSA) is 21.3 Å². The summed E-state index contributed by atoms with van der Waals surface area (Å²) in [5.74, 6) is 0.783. The number of rotatable bonds is 7. The third-order valence-electron chi connectivity index (χ3n) is 2.66. The highest BCUT2D eigenvalue weighted by Crippen LogP contribution is 2.10. The van der Waals surface area contributed by atoms with Gasteiger partial charge in [0.05, 0.1) is 6.61 Å². The Morgan fingerprint density at radius 1 is 1.31 bits per heavy atom. The van der Waals surface area contributed by atoms with Crippen LogP contribution in [0.3, 0.4) is 0 Å². The largest absolute Gasteiger partial charge is 0.381 e. The number of nitrogens with one attached hydrogen (secondary N) is 1. The summed E-state index contributed by atoms with van der Waals surface area (Å²) in [6.45, 7) is 6.55. The number of hydrogen-bond acceptors (Lipinski definition) is 2. The van der Waals surface area contributed by atoms with Gasteiger partial charge in [0.25, 0.3) is 0 Å². The molecule has 13 heavy (non-hydrogen) atoms. The third kappa shape index (κ3) is 5.27. The van der Waals surface area contributed by atoms with Crippen LogP contribution in [0.2, 0.25) is 0 Å². The molecule has 1 unspecified atom stereocenters. The van der Waals surface area contributed by atoms with Gasteiger partial charge in [0, 0.05) is 13.2 Å². The first-order valence-corrected chi connectivity index (χ1v) is 5.72. The second-order valence-electron chi connectivity index (χ2n) is 3.99. The molecular weight excluding hydrogens is 162 g/mol. The summed E-state index contributed by atoms with van der Waals surface area (Å²) < 4.78 is 5.31. The predicted octanol–water partition coefficient (Wildman–Crippen LogP) is 2.19. The Labute approximate surface area is 82.0 Å². The second kappa shape index (κ2) is 7.34. The highest BCUT2D eigenvalue weighted by atomic mass is 16.5. The summed E-state index contributed by atoms with van der Waals surface area (Å²) in [6, 6.07) is 0. The van der Waals surface area contributed by atoms with Gasteiger partial charge in [-0.3, -0.25) is 0 Å². The summed E-state index contributed by atoms with van der Waals surface area (Å²) in [7, 11) is 0. The minimum Gasteiger partial charge on any atom is -0.381 e. The maximum absolute atomic E-state index is 5.31. The van der Waals surface area contributed by atoms with Crippen molar-refractivity contribution in [2.24, 2.45) is 5.92 Å². The zero-order chi connectivity index (χ0) is 9.36. The monoisotopic (exact) mass is 185 g/mol. The van der Waals surface area contributed by atoms with Gasteiger partial charge in [-0.2, -0.15) is 0 Å². The Balaban J connectivity index is 1.78. The third-order valence-corrected chi connectivity index (χ3v) is 2.66. The van der Waals surface area contributed by atoms with Crippen LogP contribution in [-0.4, -0.2) is 26.3 Å². The molecule has 0 amide bonds. The van der Waals surface area contributed by atoms with Gasteiger partial charge in [-0.1, -0.05) is 26.2 Å². The van der Waals surface area contributed by atoms with E-state index in [0.717, 1.165) is 25.7 Å². The normalized spacial score (nSPS) is 22.4. The zero-order valence-corrected chi connectivity index (χ0v) is 8.85. The SMILES string of the molecule is CCCCCCNCC1CCOC1. The molecule has 2 heteroatoms. The van der Waals surface area contributed by atoms with E-state index in [9.17, 15) is 0 Å². The molecule has 1 aliphatic rings. The summed E-state index contributed by atoms with van der Waals surface area (Å²) in [6.07, 6.45) is 6.68. The summed E-state index contributed by atoms with van der Waals surface area (Å²) in [4.78, 5) is 0. The molecule has 1 saturated heterocycles. The highest BCUT2D eigenvalue weighted by Gasteiger charge is 2.14. The van der Waals surface area contributed by atoms with E-state index in [-0.39, 0.29) is 0 Å². The van der Waals surface area contributed by atoms with Crippen molar-refractivity contribution in [3.63, 3.8) is 0 Å². The standard InChI is InChI=1S/C11H23NO/c1-2-3-4-5-7-12-9-11-6-8-13-10-11/h11-12H,2-10H2,1H3. The maximum Gasteiger partial charge on any atom is 0.0507 e. The molecule has 78 valence electrons. The molecule has 0 aliphatic carbocycles. The fourth-order valence-corrected chi connectivity index (χ4v) is 1.73. The molecule has 1 heterocycles. The van der Waals surface area contributed by atoms with Crippen LogP contribution in [0, 0.1) is 5.92 Å². The lowest BCUT2D eigenvalue weighted by atomic mass is 10.1. The van der Waals surface area contributed by atoms with E-state index >= 15 is 0 Å². The van der Waals surface area contributed by atoms with Crippen LogP contribution < -0.4 is 5.32 Å². The van der Waals surface area contributed by atoms with Crippen LogP contribution in [0.1, 0.15) is 39.0 Å². The molecule has 1 rings (SSSR count). The van der Waals surface area contributed by atoms with E-state index in [1.807, 2.05) is 0 Å². The first-order valence-electron chi connectivity index (χ1n) is 5.72. The average molecular weight is 185 g/mol. The van der Waals surface area contributed by atoms with E-state index in [4.69, 9.17) is 4.74 Å². The van der Waals surface area contributed by atoms with Crippen molar-refractivity contribution in [3.05, 3.63) is 0 Å². The molecule has 1 aliphatic heterocycles. The zero-order valence-electron chi connectivity index (χ0n) is 8.85. The van der Waals surface area contributed by atoms with Gasteiger partial charge in [-0.15, -0.1) is 0 Å². The Bertz CT molecular complexity index is 111. The lowest BCUT2D eigenvalue weighted by Gasteiger charge is -2.08. The first-order chi connectivity index (χ1) is 6.43. The molecule has 1 N–H and O–H groups in total. The summed E-state index contributed by atoms with van der Waals surface area (Å²) in [5, 5.41) is 3.51. The van der Waals surface area contributed by atoms with Crippen molar-refractivity contribution in [2.45, 2.75) is 39.0 Å². The smallest absolute Gasteiger partial charge is 0.0507 e. The van der Waals surface area contributed by atoms with E-state index in [2.05, 4.69) is 12.2 Å². The van der Waals surface area contributed by atoms with Gasteiger partial charge in [-0.25, -0.2) is 0 Å². The molecule has 0 bridgehead atoms. The summed E-state index contributed by atoms with van der Waals surface area (Å²) >= 11 is 0. The lowest BCUT2D eigenvalue weighted by molar-refractivity contribution is 0.185. The van der Waals surface area contributed by atoms with Crippen LogP contribution in [0.25, 0.3) is 0 Å². The quantitative estimate of drug-likeness (QED) is 0.614. The molecule has 0 aromatic heterocycles. The van der Waals surface area contributed by atoms with Crippen molar-refractivity contribution in [3.8, 4) is 0 Å². The van der Waals surface area contributed by atoms with Crippen molar-refractivity contribution >= 4 is 0 Å². The van der Waals surface area contributed by atoms with Crippen LogP contribution >= 0.6 is 0 Å². The minimum absolute atomic E-state index is 0.783. The van der Waals surface area contributed by atoms with Gasteiger partial charge in [0.2, 0.25) is 0 Å². The molecule has 1 atom stereocenters. The van der Waals surface area contributed by atoms with Gasteiger partial charge >= 0.3 is 0 Å². The Morgan fingerprint density at radius 3 is 2.92 bits per heavy atom. The van der Waals surface area contributed by atoms with Crippen molar-refractivity contribution in [2.75, 3.05) is 26.3 Å². The molecular formula is C11H23NO. The number of unbranched alkanes of at least 4 members (excludes halogenated alkanes) is 3. The fourth-order valence-electron chi connectivity index (χ4n) is 1.73. The predicted molar refractivity (Wildman–Crippen MR) is 55.9 cm³/mol. The van der Waals surface area contributed by atoms with E-state index in [1.54, 1.807) is 0 Å². The van der Waals surface area contributed by atoms with Crippen molar-refractivity contribution in [1.82, 2.24) is 5.32 Å². The van der Waals surface area contributed by atoms with Crippen molar-refractivity contribution in [1.29, 1.82) is 0 Å². The Morgan fingerprint density at radius 2 is 2.23 bits per heavy atom. The average Bonchev–Trinajstić information content (AvgIpc) is 2.63. The van der Waals surface area contributed by atoms with Crippen LogP contribution in [0.4, 0.5) is 0 Å². The van der Waals surface area contributed by atoms with Crippen molar-refractivity contribution < 1.29 is 4.74 Å². The molecule has 1 fully saturated rings. The molecule has 0 spiro atoms. The Hall–Kier alpha value is -0.0800. The molecule has 0 saturated carbocycles. The minimum atomic E-state index is 0.783. The van der Waals surface area contributed by atoms with Gasteiger partial charge in [-0.05, 0) is 25.3 Å². The molecule has 0 aromatic rings. The lowest BCUT2D eigenvalue weighted by Crippen LogP contribution is -2.23. The second-order valence-corrected chi connectivity index (χ2v) is 3.99. The molecule has 0 radical (unpaired) electrons. The maximum atomic E-state index is 5.31. The number of hydrogen-bond donors (Lipinski definition) is 1. The Kier molecular flexibility index (Phi) is 6.21. The van der Waals surface area contributed by atoms with Crippen LogP contribution in [0.15, 0.2) is 0 Å². The van der Waals surface area contributed by atoms with Gasteiger partial charge in [0.1, 0.15) is 0 Å². The fraction of sp³-hybridized carbons (Fsp3) is 1.00.